The minimum Gasteiger partial charge on any atom is -0.501 e. The number of carboxylic acids is 1. The summed E-state index contributed by atoms with van der Waals surface area (Å²) < 4.78 is 4.86. The van der Waals surface area contributed by atoms with Crippen LogP contribution in [0.15, 0.2) is 11.8 Å². The van der Waals surface area contributed by atoms with E-state index >= 15 is 0 Å². The molecule has 0 saturated carbocycles. The van der Waals surface area contributed by atoms with E-state index in [1.807, 2.05) is 0 Å². The molecule has 0 aromatic heterocycles. The first-order chi connectivity index (χ1) is 7.10. The summed E-state index contributed by atoms with van der Waals surface area (Å²) >= 11 is 0. The lowest BCUT2D eigenvalue weighted by Gasteiger charge is -2.11. The standard InChI is InChI=1S/C11H20O4/c1-3-4-5-6-9(12)7-10(15-2)8-11(13)14/h8-9,12H,3-7H2,1-2H3,(H,13,14). The molecule has 1 unspecified atom stereocenters. The molecule has 0 rings (SSSR count). The molecule has 0 saturated heterocycles. The lowest BCUT2D eigenvalue weighted by Crippen LogP contribution is -2.09. The number of aliphatic hydroxyl groups excluding tert-OH is 1. The summed E-state index contributed by atoms with van der Waals surface area (Å²) in [5.41, 5.74) is 0. The van der Waals surface area contributed by atoms with Crippen molar-refractivity contribution in [2.45, 2.75) is 45.1 Å². The van der Waals surface area contributed by atoms with E-state index in [9.17, 15) is 9.90 Å². The van der Waals surface area contributed by atoms with E-state index in [-0.39, 0.29) is 6.42 Å². The smallest absolute Gasteiger partial charge is 0.331 e. The molecular formula is C11H20O4. The Balaban J connectivity index is 3.90. The van der Waals surface area contributed by atoms with Gasteiger partial charge in [-0.15, -0.1) is 0 Å². The van der Waals surface area contributed by atoms with Crippen LogP contribution in [0.3, 0.4) is 0 Å². The highest BCUT2D eigenvalue weighted by Gasteiger charge is 2.09. The Labute approximate surface area is 90.6 Å². The molecule has 15 heavy (non-hydrogen) atoms. The van der Waals surface area contributed by atoms with Gasteiger partial charge in [0.25, 0.3) is 0 Å². The molecule has 0 bridgehead atoms. The van der Waals surface area contributed by atoms with Crippen LogP contribution in [0.5, 0.6) is 0 Å². The van der Waals surface area contributed by atoms with Crippen LogP contribution in [-0.2, 0) is 9.53 Å². The summed E-state index contributed by atoms with van der Waals surface area (Å²) in [6.07, 6.45) is 4.59. The number of unbranched alkanes of at least 4 members (excludes halogenated alkanes) is 2. The molecule has 0 aliphatic carbocycles. The van der Waals surface area contributed by atoms with Gasteiger partial charge in [-0.2, -0.15) is 0 Å². The van der Waals surface area contributed by atoms with Crippen LogP contribution in [0.2, 0.25) is 0 Å². The molecule has 2 N–H and O–H groups in total. The number of rotatable bonds is 8. The van der Waals surface area contributed by atoms with Crippen molar-refractivity contribution < 1.29 is 19.7 Å². The second-order valence-electron chi connectivity index (χ2n) is 3.51. The highest BCUT2D eigenvalue weighted by atomic mass is 16.5. The lowest BCUT2D eigenvalue weighted by atomic mass is 10.1. The van der Waals surface area contributed by atoms with E-state index in [0.717, 1.165) is 25.3 Å². The van der Waals surface area contributed by atoms with Gasteiger partial charge in [0, 0.05) is 6.42 Å². The zero-order valence-corrected chi connectivity index (χ0v) is 9.40. The largest absolute Gasteiger partial charge is 0.501 e. The SMILES string of the molecule is CCCCCC(O)CC(=CC(=O)O)OC. The predicted octanol–water partition coefficient (Wildman–Crippen LogP) is 1.93. The van der Waals surface area contributed by atoms with Crippen molar-refractivity contribution >= 4 is 5.97 Å². The van der Waals surface area contributed by atoms with Gasteiger partial charge >= 0.3 is 5.97 Å². The van der Waals surface area contributed by atoms with Crippen LogP contribution in [0.1, 0.15) is 39.0 Å². The van der Waals surface area contributed by atoms with E-state index in [2.05, 4.69) is 6.92 Å². The summed E-state index contributed by atoms with van der Waals surface area (Å²) in [6.45, 7) is 2.09. The highest BCUT2D eigenvalue weighted by Crippen LogP contribution is 2.12. The maximum atomic E-state index is 10.4. The zero-order chi connectivity index (χ0) is 11.7. The van der Waals surface area contributed by atoms with Gasteiger partial charge in [0.15, 0.2) is 0 Å². The number of methoxy groups -OCH3 is 1. The van der Waals surface area contributed by atoms with E-state index in [0.29, 0.717) is 12.2 Å². The number of carboxylic acid groups (broad SMARTS) is 1. The van der Waals surface area contributed by atoms with Crippen molar-refractivity contribution in [2.75, 3.05) is 7.11 Å². The third-order valence-electron chi connectivity index (χ3n) is 2.12. The van der Waals surface area contributed by atoms with Gasteiger partial charge in [-0.05, 0) is 6.42 Å². The Hall–Kier alpha value is -1.03. The first-order valence-corrected chi connectivity index (χ1v) is 5.25. The van der Waals surface area contributed by atoms with E-state index in [1.165, 1.54) is 7.11 Å². The normalized spacial score (nSPS) is 13.7. The number of aliphatic carboxylic acids is 1. The van der Waals surface area contributed by atoms with Crippen molar-refractivity contribution in [3.8, 4) is 0 Å². The maximum absolute atomic E-state index is 10.4. The summed E-state index contributed by atoms with van der Waals surface area (Å²) in [7, 11) is 1.41. The van der Waals surface area contributed by atoms with Crippen molar-refractivity contribution in [3.05, 3.63) is 11.8 Å². The van der Waals surface area contributed by atoms with Crippen molar-refractivity contribution in [1.29, 1.82) is 0 Å². The van der Waals surface area contributed by atoms with Crippen LogP contribution in [0.25, 0.3) is 0 Å². The van der Waals surface area contributed by atoms with E-state index in [4.69, 9.17) is 9.84 Å². The molecular weight excluding hydrogens is 196 g/mol. The van der Waals surface area contributed by atoms with Crippen molar-refractivity contribution in [3.63, 3.8) is 0 Å². The van der Waals surface area contributed by atoms with Gasteiger partial charge < -0.3 is 14.9 Å². The van der Waals surface area contributed by atoms with E-state index in [1.54, 1.807) is 0 Å². The topological polar surface area (TPSA) is 66.8 Å². The maximum Gasteiger partial charge on any atom is 0.331 e. The molecule has 0 fully saturated rings. The molecule has 0 spiro atoms. The Morgan fingerprint density at radius 3 is 2.60 bits per heavy atom. The van der Waals surface area contributed by atoms with Crippen molar-refractivity contribution in [1.82, 2.24) is 0 Å². The fourth-order valence-corrected chi connectivity index (χ4v) is 1.30. The zero-order valence-electron chi connectivity index (χ0n) is 9.40. The number of carbonyl (C=O) groups is 1. The first kappa shape index (κ1) is 14.0. The highest BCUT2D eigenvalue weighted by molar-refractivity contribution is 5.80. The number of aliphatic hydroxyl groups is 1. The molecule has 0 aliphatic heterocycles. The second kappa shape index (κ2) is 8.29. The third kappa shape index (κ3) is 8.00. The van der Waals surface area contributed by atoms with Gasteiger partial charge in [0.1, 0.15) is 5.76 Å². The molecule has 4 nitrogen and oxygen atoms in total. The first-order valence-electron chi connectivity index (χ1n) is 5.25. The molecule has 0 radical (unpaired) electrons. The van der Waals surface area contributed by atoms with Gasteiger partial charge in [0.2, 0.25) is 0 Å². The van der Waals surface area contributed by atoms with Crippen LogP contribution >= 0.6 is 0 Å². The van der Waals surface area contributed by atoms with Gasteiger partial charge in [-0.25, -0.2) is 4.79 Å². The van der Waals surface area contributed by atoms with Crippen LogP contribution in [0.4, 0.5) is 0 Å². The number of hydrogen-bond acceptors (Lipinski definition) is 3. The van der Waals surface area contributed by atoms with Gasteiger partial charge in [-0.3, -0.25) is 0 Å². The fourth-order valence-electron chi connectivity index (χ4n) is 1.30. The molecule has 0 aliphatic rings. The number of ether oxygens (including phenoxy) is 1. The third-order valence-corrected chi connectivity index (χ3v) is 2.12. The van der Waals surface area contributed by atoms with Crippen LogP contribution in [0, 0.1) is 0 Å². The molecule has 0 heterocycles. The summed E-state index contributed by atoms with van der Waals surface area (Å²) in [4.78, 5) is 10.4. The van der Waals surface area contributed by atoms with Crippen LogP contribution < -0.4 is 0 Å². The average molecular weight is 216 g/mol. The minimum absolute atomic E-state index is 0.270. The molecule has 88 valence electrons. The Bertz CT molecular complexity index is 211. The minimum atomic E-state index is -1.05. The Morgan fingerprint density at radius 2 is 2.13 bits per heavy atom. The Kier molecular flexibility index (Phi) is 7.72. The summed E-state index contributed by atoms with van der Waals surface area (Å²) in [5.74, 6) is -0.737. The fraction of sp³-hybridized carbons (Fsp3) is 0.727. The van der Waals surface area contributed by atoms with E-state index < -0.39 is 12.1 Å². The summed E-state index contributed by atoms with van der Waals surface area (Å²) in [6, 6.07) is 0. The summed E-state index contributed by atoms with van der Waals surface area (Å²) in [5, 5.41) is 18.1. The van der Waals surface area contributed by atoms with Gasteiger partial charge in [0.05, 0.1) is 19.3 Å². The predicted molar refractivity (Wildman–Crippen MR) is 57.5 cm³/mol. The molecule has 0 aromatic rings. The quantitative estimate of drug-likeness (QED) is 0.369. The van der Waals surface area contributed by atoms with Crippen molar-refractivity contribution in [2.24, 2.45) is 0 Å². The average Bonchev–Trinajstić information content (AvgIpc) is 2.16. The second-order valence-corrected chi connectivity index (χ2v) is 3.51. The monoisotopic (exact) mass is 216 g/mol. The molecule has 1 atom stereocenters. The Morgan fingerprint density at radius 1 is 1.47 bits per heavy atom. The molecule has 0 amide bonds. The molecule has 4 heteroatoms. The molecule has 0 aromatic carbocycles. The van der Waals surface area contributed by atoms with Gasteiger partial charge in [-0.1, -0.05) is 26.2 Å². The van der Waals surface area contributed by atoms with Crippen LogP contribution in [-0.4, -0.2) is 29.4 Å². The lowest BCUT2D eigenvalue weighted by molar-refractivity contribution is -0.131. The number of hydrogen-bond donors (Lipinski definition) is 2.